The molecule has 4 aromatic rings. The number of nitrogens with one attached hydrogen (secondary N) is 1. The van der Waals surface area contributed by atoms with Gasteiger partial charge in [0.1, 0.15) is 17.0 Å². The first-order chi connectivity index (χ1) is 15.5. The van der Waals surface area contributed by atoms with Crippen molar-refractivity contribution in [2.75, 3.05) is 11.9 Å². The topological polar surface area (TPSA) is 88.3 Å². The van der Waals surface area contributed by atoms with Crippen LogP contribution in [-0.2, 0) is 13.0 Å². The number of fused-ring (bicyclic) bond motifs is 1. The molecule has 0 spiro atoms. The zero-order valence-corrected chi connectivity index (χ0v) is 19.3. The van der Waals surface area contributed by atoms with E-state index in [1.165, 1.54) is 22.7 Å². The predicted octanol–water partition coefficient (Wildman–Crippen LogP) is 5.27. The number of carbonyl (C=O) groups excluding carboxylic acids is 2. The number of anilines is 1. The number of thiazole rings is 1. The molecule has 0 bridgehead atoms. The molecule has 1 aliphatic heterocycles. The minimum atomic E-state index is -0.185. The lowest BCUT2D eigenvalue weighted by molar-refractivity contribution is 0.0735. The Bertz CT molecular complexity index is 1310. The zero-order chi connectivity index (χ0) is 22.2. The Hall–Kier alpha value is -3.01. The Kier molecular flexibility index (Phi) is 5.54. The molecule has 1 N–H and O–H groups in total. The van der Waals surface area contributed by atoms with Gasteiger partial charge in [-0.05, 0) is 24.4 Å². The van der Waals surface area contributed by atoms with Crippen molar-refractivity contribution in [1.29, 1.82) is 0 Å². The van der Waals surface area contributed by atoms with E-state index in [2.05, 4.69) is 15.5 Å². The molecule has 162 valence electrons. The van der Waals surface area contributed by atoms with E-state index >= 15 is 0 Å². The number of nitrogens with zero attached hydrogens (tertiary/aromatic N) is 3. The van der Waals surface area contributed by atoms with Crippen molar-refractivity contribution in [2.45, 2.75) is 19.9 Å². The summed E-state index contributed by atoms with van der Waals surface area (Å²) >= 11 is 9.19. The third-order valence-electron chi connectivity index (χ3n) is 5.23. The van der Waals surface area contributed by atoms with Crippen LogP contribution in [0.2, 0.25) is 5.02 Å². The Labute approximate surface area is 196 Å². The summed E-state index contributed by atoms with van der Waals surface area (Å²) in [4.78, 5) is 33.0. The molecule has 2 amide bonds. The molecule has 0 saturated carbocycles. The van der Waals surface area contributed by atoms with Crippen molar-refractivity contribution < 1.29 is 14.1 Å². The lowest BCUT2D eigenvalue weighted by atomic mass is 10.0. The standard InChI is InChI=1S/C22H17ClN4O3S2/c1-12-18(19(26-30-12)14-4-2-3-5-15(14)23)21(29)27-8-6-16-17(10-27)32-22(24-16)25-20(28)13-7-9-31-11-13/h2-5,7,9,11H,6,8,10H2,1H3,(H,24,25,28). The van der Waals surface area contributed by atoms with Crippen LogP contribution in [-0.4, -0.2) is 33.4 Å². The van der Waals surface area contributed by atoms with Crippen LogP contribution in [0.15, 0.2) is 45.6 Å². The van der Waals surface area contributed by atoms with Crippen LogP contribution in [0.3, 0.4) is 0 Å². The maximum Gasteiger partial charge on any atom is 0.260 e. The molecule has 0 saturated heterocycles. The van der Waals surface area contributed by atoms with Gasteiger partial charge in [0.15, 0.2) is 5.13 Å². The van der Waals surface area contributed by atoms with Gasteiger partial charge in [0, 0.05) is 28.8 Å². The molecule has 4 heterocycles. The summed E-state index contributed by atoms with van der Waals surface area (Å²) in [7, 11) is 0. The molecule has 5 rings (SSSR count). The summed E-state index contributed by atoms with van der Waals surface area (Å²) in [5.41, 5.74) is 3.03. The van der Waals surface area contributed by atoms with Gasteiger partial charge >= 0.3 is 0 Å². The van der Waals surface area contributed by atoms with Crippen LogP contribution in [0.4, 0.5) is 5.13 Å². The van der Waals surface area contributed by atoms with E-state index in [-0.39, 0.29) is 11.8 Å². The van der Waals surface area contributed by atoms with Crippen LogP contribution in [0.25, 0.3) is 11.3 Å². The van der Waals surface area contributed by atoms with E-state index in [1.54, 1.807) is 29.3 Å². The van der Waals surface area contributed by atoms with Crippen LogP contribution in [0.1, 0.15) is 37.0 Å². The summed E-state index contributed by atoms with van der Waals surface area (Å²) in [6.07, 6.45) is 0.609. The van der Waals surface area contributed by atoms with Crippen molar-refractivity contribution in [3.8, 4) is 11.3 Å². The molecular weight excluding hydrogens is 468 g/mol. The highest BCUT2D eigenvalue weighted by atomic mass is 35.5. The SMILES string of the molecule is Cc1onc(-c2ccccc2Cl)c1C(=O)N1CCc2nc(NC(=O)c3ccsc3)sc2C1. The summed E-state index contributed by atoms with van der Waals surface area (Å²) in [5, 5.41) is 11.6. The number of rotatable bonds is 4. The number of benzene rings is 1. The molecule has 1 aliphatic rings. The monoisotopic (exact) mass is 484 g/mol. The number of thiophene rings is 1. The fraction of sp³-hybridized carbons (Fsp3) is 0.182. The van der Waals surface area contributed by atoms with Crippen molar-refractivity contribution in [3.05, 3.63) is 73.6 Å². The normalized spacial score (nSPS) is 13.1. The quantitative estimate of drug-likeness (QED) is 0.426. The highest BCUT2D eigenvalue weighted by Crippen LogP contribution is 2.34. The number of aryl methyl sites for hydroxylation is 1. The summed E-state index contributed by atoms with van der Waals surface area (Å²) in [6, 6.07) is 9.01. The largest absolute Gasteiger partial charge is 0.360 e. The zero-order valence-electron chi connectivity index (χ0n) is 16.9. The van der Waals surface area contributed by atoms with Gasteiger partial charge in [-0.2, -0.15) is 11.3 Å². The number of halogens is 1. The molecule has 0 atom stereocenters. The van der Waals surface area contributed by atoms with Gasteiger partial charge in [-0.1, -0.05) is 46.3 Å². The second-order valence-corrected chi connectivity index (χ2v) is 9.54. The lowest BCUT2D eigenvalue weighted by Crippen LogP contribution is -2.35. The maximum absolute atomic E-state index is 13.4. The maximum atomic E-state index is 13.4. The van der Waals surface area contributed by atoms with Gasteiger partial charge in [-0.25, -0.2) is 4.98 Å². The molecule has 0 radical (unpaired) electrons. The summed E-state index contributed by atoms with van der Waals surface area (Å²) in [5.74, 6) is 0.0973. The fourth-order valence-electron chi connectivity index (χ4n) is 3.60. The van der Waals surface area contributed by atoms with Crippen molar-refractivity contribution in [2.24, 2.45) is 0 Å². The van der Waals surface area contributed by atoms with E-state index in [1.807, 2.05) is 23.6 Å². The van der Waals surface area contributed by atoms with Crippen LogP contribution in [0, 0.1) is 6.92 Å². The van der Waals surface area contributed by atoms with E-state index in [4.69, 9.17) is 16.1 Å². The average Bonchev–Trinajstić information content (AvgIpc) is 3.52. The molecular formula is C22H17ClN4O3S2. The molecule has 3 aromatic heterocycles. The van der Waals surface area contributed by atoms with Crippen molar-refractivity contribution in [1.82, 2.24) is 15.0 Å². The minimum absolute atomic E-state index is 0.165. The van der Waals surface area contributed by atoms with Crippen molar-refractivity contribution >= 4 is 51.2 Å². The van der Waals surface area contributed by atoms with E-state index in [0.29, 0.717) is 57.8 Å². The Morgan fingerprint density at radius 1 is 1.25 bits per heavy atom. The van der Waals surface area contributed by atoms with Gasteiger partial charge in [0.2, 0.25) is 0 Å². The molecule has 7 nitrogen and oxygen atoms in total. The summed E-state index contributed by atoms with van der Waals surface area (Å²) < 4.78 is 5.36. The third kappa shape index (κ3) is 3.83. The number of aromatic nitrogens is 2. The molecule has 10 heteroatoms. The van der Waals surface area contributed by atoms with E-state index in [0.717, 1.165) is 10.6 Å². The van der Waals surface area contributed by atoms with E-state index in [9.17, 15) is 9.59 Å². The van der Waals surface area contributed by atoms with Crippen molar-refractivity contribution in [3.63, 3.8) is 0 Å². The smallest absolute Gasteiger partial charge is 0.260 e. The van der Waals surface area contributed by atoms with E-state index < -0.39 is 0 Å². The molecule has 0 aliphatic carbocycles. The third-order valence-corrected chi connectivity index (χ3v) is 7.24. The number of carbonyl (C=O) groups is 2. The van der Waals surface area contributed by atoms with Crippen LogP contribution in [0.5, 0.6) is 0 Å². The van der Waals surface area contributed by atoms with Gasteiger partial charge in [-0.3, -0.25) is 14.9 Å². The number of amides is 2. The Morgan fingerprint density at radius 2 is 2.09 bits per heavy atom. The first kappa shape index (κ1) is 20.9. The first-order valence-electron chi connectivity index (χ1n) is 9.84. The van der Waals surface area contributed by atoms with Crippen LogP contribution >= 0.6 is 34.3 Å². The Morgan fingerprint density at radius 3 is 2.88 bits per heavy atom. The van der Waals surface area contributed by atoms with Gasteiger partial charge in [-0.15, -0.1) is 0 Å². The molecule has 1 aromatic carbocycles. The molecule has 32 heavy (non-hydrogen) atoms. The fourth-order valence-corrected chi connectivity index (χ4v) is 5.48. The second-order valence-electron chi connectivity index (χ2n) is 7.27. The summed E-state index contributed by atoms with van der Waals surface area (Å²) in [6.45, 7) is 2.65. The minimum Gasteiger partial charge on any atom is -0.360 e. The first-order valence-corrected chi connectivity index (χ1v) is 12.0. The number of hydrogen-bond donors (Lipinski definition) is 1. The predicted molar refractivity (Wildman–Crippen MR) is 125 cm³/mol. The van der Waals surface area contributed by atoms with Gasteiger partial charge in [0.05, 0.1) is 22.8 Å². The second kappa shape index (κ2) is 8.50. The molecule has 0 fully saturated rings. The average molecular weight is 485 g/mol. The highest BCUT2D eigenvalue weighted by molar-refractivity contribution is 7.16. The van der Waals surface area contributed by atoms with Gasteiger partial charge < -0.3 is 9.42 Å². The molecule has 0 unspecified atom stereocenters. The lowest BCUT2D eigenvalue weighted by Gasteiger charge is -2.26. The highest BCUT2D eigenvalue weighted by Gasteiger charge is 2.30. The van der Waals surface area contributed by atoms with Gasteiger partial charge in [0.25, 0.3) is 11.8 Å². The number of hydrogen-bond acceptors (Lipinski definition) is 7. The Balaban J connectivity index is 1.37. The van der Waals surface area contributed by atoms with Crippen LogP contribution < -0.4 is 5.32 Å².